The van der Waals surface area contributed by atoms with E-state index in [0.717, 1.165) is 51.9 Å². The number of piperazine rings is 1. The molecule has 0 aromatic rings. The van der Waals surface area contributed by atoms with Crippen LogP contribution in [0, 0.1) is 5.92 Å². The average molecular weight is 280 g/mol. The Labute approximate surface area is 120 Å². The van der Waals surface area contributed by atoms with E-state index < -0.39 is 0 Å². The molecule has 0 spiro atoms. The van der Waals surface area contributed by atoms with E-state index in [2.05, 4.69) is 0 Å². The SMILES string of the molecule is CC1C(=O)N2CCCCC2C(=O)N1CCC1CCOC1. The van der Waals surface area contributed by atoms with E-state index in [4.69, 9.17) is 4.74 Å². The zero-order valence-corrected chi connectivity index (χ0v) is 12.2. The van der Waals surface area contributed by atoms with Crippen LogP contribution in [0.4, 0.5) is 0 Å². The molecule has 0 radical (unpaired) electrons. The predicted molar refractivity (Wildman–Crippen MR) is 74.1 cm³/mol. The molecule has 0 saturated carbocycles. The maximum atomic E-state index is 12.6. The summed E-state index contributed by atoms with van der Waals surface area (Å²) in [5.41, 5.74) is 0. The van der Waals surface area contributed by atoms with Gasteiger partial charge in [0.2, 0.25) is 11.8 Å². The standard InChI is InChI=1S/C15H24N2O3/c1-11-14(18)17-7-3-2-4-13(17)15(19)16(11)8-5-12-6-9-20-10-12/h11-13H,2-10H2,1H3. The minimum atomic E-state index is -0.292. The summed E-state index contributed by atoms with van der Waals surface area (Å²) in [6.45, 7) is 4.97. The van der Waals surface area contributed by atoms with E-state index >= 15 is 0 Å². The molecule has 3 aliphatic heterocycles. The molecule has 0 aromatic heterocycles. The summed E-state index contributed by atoms with van der Waals surface area (Å²) in [5.74, 6) is 0.849. The second-order valence-corrected chi connectivity index (χ2v) is 6.27. The highest BCUT2D eigenvalue weighted by Crippen LogP contribution is 2.27. The molecule has 0 bridgehead atoms. The first kappa shape index (κ1) is 13.9. The molecule has 3 rings (SSSR count). The van der Waals surface area contributed by atoms with Crippen molar-refractivity contribution in [2.45, 2.75) is 51.1 Å². The van der Waals surface area contributed by atoms with Gasteiger partial charge in [0.25, 0.3) is 0 Å². The number of nitrogens with zero attached hydrogens (tertiary/aromatic N) is 2. The van der Waals surface area contributed by atoms with Gasteiger partial charge in [-0.3, -0.25) is 9.59 Å². The van der Waals surface area contributed by atoms with E-state index in [1.807, 2.05) is 16.7 Å². The van der Waals surface area contributed by atoms with Gasteiger partial charge in [-0.1, -0.05) is 0 Å². The van der Waals surface area contributed by atoms with Gasteiger partial charge in [0.15, 0.2) is 0 Å². The summed E-state index contributed by atoms with van der Waals surface area (Å²) in [6, 6.07) is -0.480. The summed E-state index contributed by atoms with van der Waals surface area (Å²) in [7, 11) is 0. The molecule has 3 aliphatic rings. The number of hydrogen-bond acceptors (Lipinski definition) is 3. The molecule has 20 heavy (non-hydrogen) atoms. The lowest BCUT2D eigenvalue weighted by Crippen LogP contribution is -2.65. The first-order chi connectivity index (χ1) is 9.68. The van der Waals surface area contributed by atoms with Crippen molar-refractivity contribution in [2.75, 3.05) is 26.3 Å². The quantitative estimate of drug-likeness (QED) is 0.775. The first-order valence-electron chi connectivity index (χ1n) is 7.87. The van der Waals surface area contributed by atoms with Gasteiger partial charge in [-0.2, -0.15) is 0 Å². The smallest absolute Gasteiger partial charge is 0.246 e. The van der Waals surface area contributed by atoms with Crippen molar-refractivity contribution in [1.29, 1.82) is 0 Å². The zero-order chi connectivity index (χ0) is 14.1. The van der Waals surface area contributed by atoms with Crippen molar-refractivity contribution in [1.82, 2.24) is 9.80 Å². The molecule has 3 atom stereocenters. The Morgan fingerprint density at radius 2 is 2.05 bits per heavy atom. The lowest BCUT2D eigenvalue weighted by atomic mass is 9.95. The van der Waals surface area contributed by atoms with Crippen LogP contribution in [0.3, 0.4) is 0 Å². The van der Waals surface area contributed by atoms with E-state index in [1.165, 1.54) is 0 Å². The van der Waals surface area contributed by atoms with Crippen molar-refractivity contribution >= 4 is 11.8 Å². The summed E-state index contributed by atoms with van der Waals surface area (Å²) in [5, 5.41) is 0. The Bertz CT molecular complexity index is 393. The molecular weight excluding hydrogens is 256 g/mol. The number of hydrogen-bond donors (Lipinski definition) is 0. The fourth-order valence-corrected chi connectivity index (χ4v) is 3.64. The minimum absolute atomic E-state index is 0.136. The van der Waals surface area contributed by atoms with Crippen molar-refractivity contribution in [2.24, 2.45) is 5.92 Å². The molecule has 0 aromatic carbocycles. The first-order valence-corrected chi connectivity index (χ1v) is 7.87. The third kappa shape index (κ3) is 2.43. The van der Waals surface area contributed by atoms with Crippen molar-refractivity contribution < 1.29 is 14.3 Å². The van der Waals surface area contributed by atoms with Crippen LogP contribution in [0.1, 0.15) is 39.0 Å². The Hall–Kier alpha value is -1.10. The highest BCUT2D eigenvalue weighted by Gasteiger charge is 2.44. The number of amides is 2. The van der Waals surface area contributed by atoms with Crippen molar-refractivity contribution in [3.8, 4) is 0 Å². The van der Waals surface area contributed by atoms with Gasteiger partial charge < -0.3 is 14.5 Å². The van der Waals surface area contributed by atoms with Crippen LogP contribution in [0.15, 0.2) is 0 Å². The van der Waals surface area contributed by atoms with Crippen LogP contribution in [-0.4, -0.2) is 60.0 Å². The predicted octanol–water partition coefficient (Wildman–Crippen LogP) is 1.02. The van der Waals surface area contributed by atoms with Gasteiger partial charge in [0, 0.05) is 26.3 Å². The van der Waals surface area contributed by atoms with Gasteiger partial charge in [0.1, 0.15) is 12.1 Å². The Morgan fingerprint density at radius 3 is 2.80 bits per heavy atom. The van der Waals surface area contributed by atoms with Gasteiger partial charge in [-0.15, -0.1) is 0 Å². The molecule has 3 heterocycles. The maximum Gasteiger partial charge on any atom is 0.246 e. The third-order valence-corrected chi connectivity index (χ3v) is 4.98. The molecule has 3 unspecified atom stereocenters. The van der Waals surface area contributed by atoms with Crippen molar-refractivity contribution in [3.63, 3.8) is 0 Å². The van der Waals surface area contributed by atoms with Gasteiger partial charge in [0.05, 0.1) is 0 Å². The van der Waals surface area contributed by atoms with Crippen LogP contribution in [0.25, 0.3) is 0 Å². The molecule has 112 valence electrons. The molecule has 0 aliphatic carbocycles. The minimum Gasteiger partial charge on any atom is -0.381 e. The highest BCUT2D eigenvalue weighted by atomic mass is 16.5. The summed E-state index contributed by atoms with van der Waals surface area (Å²) in [4.78, 5) is 28.7. The van der Waals surface area contributed by atoms with Gasteiger partial charge in [-0.25, -0.2) is 0 Å². The van der Waals surface area contributed by atoms with Gasteiger partial charge in [-0.05, 0) is 44.9 Å². The van der Waals surface area contributed by atoms with E-state index in [-0.39, 0.29) is 23.9 Å². The number of fused-ring (bicyclic) bond motifs is 1. The third-order valence-electron chi connectivity index (χ3n) is 4.98. The van der Waals surface area contributed by atoms with Crippen LogP contribution in [-0.2, 0) is 14.3 Å². The van der Waals surface area contributed by atoms with Crippen LogP contribution < -0.4 is 0 Å². The lowest BCUT2D eigenvalue weighted by Gasteiger charge is -2.46. The van der Waals surface area contributed by atoms with Crippen LogP contribution in [0.2, 0.25) is 0 Å². The number of carbonyl (C=O) groups excluding carboxylic acids is 2. The van der Waals surface area contributed by atoms with Gasteiger partial charge >= 0.3 is 0 Å². The molecule has 2 amide bonds. The topological polar surface area (TPSA) is 49.9 Å². The fraction of sp³-hybridized carbons (Fsp3) is 0.867. The molecule has 3 saturated heterocycles. The summed E-state index contributed by atoms with van der Waals surface area (Å²) >= 11 is 0. The fourth-order valence-electron chi connectivity index (χ4n) is 3.64. The number of rotatable bonds is 3. The van der Waals surface area contributed by atoms with E-state index in [1.54, 1.807) is 0 Å². The average Bonchev–Trinajstić information content (AvgIpc) is 2.98. The highest BCUT2D eigenvalue weighted by molar-refractivity contribution is 5.96. The Balaban J connectivity index is 1.66. The second kappa shape index (κ2) is 5.72. The molecule has 5 heteroatoms. The monoisotopic (exact) mass is 280 g/mol. The summed E-state index contributed by atoms with van der Waals surface area (Å²) < 4.78 is 5.38. The van der Waals surface area contributed by atoms with Crippen LogP contribution in [0.5, 0.6) is 0 Å². The molecular formula is C15H24N2O3. The van der Waals surface area contributed by atoms with E-state index in [0.29, 0.717) is 12.5 Å². The van der Waals surface area contributed by atoms with Crippen LogP contribution >= 0.6 is 0 Å². The number of piperidine rings is 1. The molecule has 3 fully saturated rings. The molecule has 0 N–H and O–H groups in total. The largest absolute Gasteiger partial charge is 0.381 e. The van der Waals surface area contributed by atoms with Crippen molar-refractivity contribution in [3.05, 3.63) is 0 Å². The Kier molecular flexibility index (Phi) is 3.96. The molecule has 5 nitrogen and oxygen atoms in total. The number of ether oxygens (including phenoxy) is 1. The summed E-state index contributed by atoms with van der Waals surface area (Å²) in [6.07, 6.45) is 4.96. The maximum absolute atomic E-state index is 12.6. The van der Waals surface area contributed by atoms with E-state index in [9.17, 15) is 9.59 Å². The Morgan fingerprint density at radius 1 is 1.20 bits per heavy atom. The zero-order valence-electron chi connectivity index (χ0n) is 12.2. The number of carbonyl (C=O) groups is 2. The normalized spacial score (nSPS) is 34.5. The lowest BCUT2D eigenvalue weighted by molar-refractivity contribution is -0.163. The second-order valence-electron chi connectivity index (χ2n) is 6.27.